The van der Waals surface area contributed by atoms with E-state index < -0.39 is 17.6 Å². The molecule has 198 valence electrons. The Labute approximate surface area is 227 Å². The van der Waals surface area contributed by atoms with E-state index in [4.69, 9.17) is 26.1 Å². The number of anilines is 1. The molecule has 0 bridgehead atoms. The van der Waals surface area contributed by atoms with Gasteiger partial charge in [0, 0.05) is 18.2 Å². The Hall–Kier alpha value is -3.39. The molecule has 2 heterocycles. The van der Waals surface area contributed by atoms with Crippen LogP contribution in [0.1, 0.15) is 75.9 Å². The molecule has 0 amide bonds. The van der Waals surface area contributed by atoms with E-state index >= 15 is 0 Å². The van der Waals surface area contributed by atoms with Gasteiger partial charge in [-0.2, -0.15) is 15.0 Å². The van der Waals surface area contributed by atoms with Crippen molar-refractivity contribution in [3.05, 3.63) is 76.2 Å². The number of nitrogens with zero attached hydrogens (tertiary/aromatic N) is 4. The van der Waals surface area contributed by atoms with Crippen LogP contribution in [0, 0.1) is 0 Å². The van der Waals surface area contributed by atoms with Gasteiger partial charge in [-0.1, -0.05) is 68.9 Å². The lowest BCUT2D eigenvalue weighted by Crippen LogP contribution is -2.46. The fourth-order valence-electron chi connectivity index (χ4n) is 6.02. The Kier molecular flexibility index (Phi) is 7.06. The molecule has 2 fully saturated rings. The van der Waals surface area contributed by atoms with Gasteiger partial charge in [-0.05, 0) is 48.9 Å². The second-order valence-electron chi connectivity index (χ2n) is 10.4. The molecule has 0 radical (unpaired) electrons. The number of allylic oxidation sites excluding steroid dienone is 3. The van der Waals surface area contributed by atoms with Crippen LogP contribution >= 0.6 is 11.6 Å². The van der Waals surface area contributed by atoms with Crippen LogP contribution in [0.4, 0.5) is 5.95 Å². The van der Waals surface area contributed by atoms with Crippen molar-refractivity contribution in [1.82, 2.24) is 15.0 Å². The van der Waals surface area contributed by atoms with Crippen LogP contribution in [0.5, 0.6) is 6.01 Å². The molecule has 1 N–H and O–H groups in total. The van der Waals surface area contributed by atoms with Gasteiger partial charge in [-0.15, -0.1) is 0 Å². The standard InChI is InChI=1S/C29H31ClN4O4/c30-27-31-28(34(19-12-6-2-7-13-19)20-14-8-3-9-15-20)33-29(32-27)38-24-17-22(35)25(36)21-16-23(37-26(21)24)18-10-4-1-5-11-18/h1,4-5,10-11,16-17,19-20,23,35H,2-3,6-9,12-15H2. The number of aliphatic hydroxyl groups excluding tert-OH is 1. The van der Waals surface area contributed by atoms with Crippen molar-refractivity contribution in [3.63, 3.8) is 0 Å². The molecule has 2 aromatic rings. The van der Waals surface area contributed by atoms with Crippen molar-refractivity contribution >= 4 is 23.3 Å². The first-order valence-corrected chi connectivity index (χ1v) is 14.0. The van der Waals surface area contributed by atoms with E-state index in [2.05, 4.69) is 14.9 Å². The molecule has 1 atom stereocenters. The van der Waals surface area contributed by atoms with Gasteiger partial charge >= 0.3 is 6.01 Å². The fraction of sp³-hybridized carbons (Fsp3) is 0.448. The minimum Gasteiger partial charge on any atom is -0.504 e. The van der Waals surface area contributed by atoms with Crippen molar-refractivity contribution in [3.8, 4) is 6.01 Å². The Morgan fingerprint density at radius 2 is 1.58 bits per heavy atom. The van der Waals surface area contributed by atoms with E-state index in [0.717, 1.165) is 31.2 Å². The Bertz CT molecular complexity index is 1280. The van der Waals surface area contributed by atoms with E-state index in [1.165, 1.54) is 44.6 Å². The van der Waals surface area contributed by atoms with E-state index in [9.17, 15) is 9.90 Å². The van der Waals surface area contributed by atoms with E-state index in [-0.39, 0.29) is 28.4 Å². The molecule has 1 aromatic heterocycles. The summed E-state index contributed by atoms with van der Waals surface area (Å²) < 4.78 is 12.2. The Balaban J connectivity index is 1.33. The number of aliphatic hydroxyl groups is 1. The first kappa shape index (κ1) is 24.9. The third-order valence-electron chi connectivity index (χ3n) is 7.85. The fourth-order valence-corrected chi connectivity index (χ4v) is 6.17. The molecule has 8 nitrogen and oxygen atoms in total. The summed E-state index contributed by atoms with van der Waals surface area (Å²) in [6, 6.07) is 10.3. The maximum atomic E-state index is 12.7. The minimum atomic E-state index is -0.513. The lowest BCUT2D eigenvalue weighted by molar-refractivity contribution is -0.114. The maximum absolute atomic E-state index is 12.7. The SMILES string of the molecule is O=C1C(O)=CC(Oc2nc(Cl)nc(N(C3CCCCC3)C3CCCCC3)n2)=C2OC(c3ccccc3)C=C12. The summed E-state index contributed by atoms with van der Waals surface area (Å²) in [5.41, 5.74) is 1.13. The highest BCUT2D eigenvalue weighted by Gasteiger charge is 2.37. The summed E-state index contributed by atoms with van der Waals surface area (Å²) in [7, 11) is 0. The number of hydrogen-bond donors (Lipinski definition) is 1. The molecule has 3 aliphatic carbocycles. The number of ketones is 1. The number of halogens is 1. The maximum Gasteiger partial charge on any atom is 0.328 e. The first-order chi connectivity index (χ1) is 18.6. The zero-order chi connectivity index (χ0) is 26.1. The van der Waals surface area contributed by atoms with Crippen LogP contribution in [0.2, 0.25) is 5.28 Å². The highest BCUT2D eigenvalue weighted by atomic mass is 35.5. The molecule has 38 heavy (non-hydrogen) atoms. The second-order valence-corrected chi connectivity index (χ2v) is 10.7. The molecular formula is C29H31ClN4O4. The summed E-state index contributed by atoms with van der Waals surface area (Å²) in [4.78, 5) is 28.5. The number of carbonyl (C=O) groups is 1. The van der Waals surface area contributed by atoms with Gasteiger partial charge in [0.1, 0.15) is 6.10 Å². The van der Waals surface area contributed by atoms with E-state index in [1.54, 1.807) is 6.08 Å². The predicted octanol–water partition coefficient (Wildman–Crippen LogP) is 6.31. The molecule has 0 saturated heterocycles. The van der Waals surface area contributed by atoms with Crippen LogP contribution in [-0.4, -0.2) is 37.9 Å². The van der Waals surface area contributed by atoms with Crippen LogP contribution in [0.3, 0.4) is 0 Å². The van der Waals surface area contributed by atoms with Gasteiger partial charge < -0.3 is 19.5 Å². The molecular weight excluding hydrogens is 504 g/mol. The number of aromatic nitrogens is 3. The largest absolute Gasteiger partial charge is 0.504 e. The molecule has 9 heteroatoms. The quantitative estimate of drug-likeness (QED) is 0.460. The number of ether oxygens (including phenoxy) is 2. The van der Waals surface area contributed by atoms with Crippen LogP contribution in [-0.2, 0) is 9.53 Å². The summed E-state index contributed by atoms with van der Waals surface area (Å²) in [6.07, 6.45) is 14.2. The third-order valence-corrected chi connectivity index (χ3v) is 8.02. The summed E-state index contributed by atoms with van der Waals surface area (Å²) in [5, 5.41) is 10.4. The lowest BCUT2D eigenvalue weighted by atomic mass is 9.89. The van der Waals surface area contributed by atoms with Crippen molar-refractivity contribution in [2.45, 2.75) is 82.4 Å². The van der Waals surface area contributed by atoms with E-state index in [0.29, 0.717) is 18.0 Å². The lowest BCUT2D eigenvalue weighted by Gasteiger charge is -2.41. The summed E-state index contributed by atoms with van der Waals surface area (Å²) in [6.45, 7) is 0. The van der Waals surface area contributed by atoms with Gasteiger partial charge in [-0.3, -0.25) is 4.79 Å². The number of Topliss-reactive ketones (excluding diaryl/α,β-unsaturated/α-hetero) is 1. The Morgan fingerprint density at radius 1 is 0.921 bits per heavy atom. The minimum absolute atomic E-state index is 0.00336. The first-order valence-electron chi connectivity index (χ1n) is 13.6. The van der Waals surface area contributed by atoms with Crippen molar-refractivity contribution in [1.29, 1.82) is 0 Å². The van der Waals surface area contributed by atoms with Gasteiger partial charge in [0.25, 0.3) is 0 Å². The number of carbonyl (C=O) groups excluding carboxylic acids is 1. The van der Waals surface area contributed by atoms with Crippen LogP contribution < -0.4 is 9.64 Å². The van der Waals surface area contributed by atoms with Crippen LogP contribution in [0.15, 0.2) is 65.3 Å². The number of hydrogen-bond acceptors (Lipinski definition) is 8. The zero-order valence-electron chi connectivity index (χ0n) is 21.2. The topological polar surface area (TPSA) is 97.7 Å². The number of rotatable bonds is 6. The highest BCUT2D eigenvalue weighted by Crippen LogP contribution is 2.40. The number of benzene rings is 1. The van der Waals surface area contributed by atoms with Crippen molar-refractivity contribution < 1.29 is 19.4 Å². The molecule has 1 aromatic carbocycles. The van der Waals surface area contributed by atoms with Gasteiger partial charge in [-0.25, -0.2) is 0 Å². The van der Waals surface area contributed by atoms with Crippen molar-refractivity contribution in [2.75, 3.05) is 4.90 Å². The summed E-state index contributed by atoms with van der Waals surface area (Å²) in [5.74, 6) is -0.0209. The average Bonchev–Trinajstić information content (AvgIpc) is 3.40. The normalized spacial score (nSPS) is 22.4. The number of fused-ring (bicyclic) bond motifs is 1. The molecule has 2 saturated carbocycles. The smallest absolute Gasteiger partial charge is 0.328 e. The average molecular weight is 535 g/mol. The molecule has 1 aliphatic heterocycles. The van der Waals surface area contributed by atoms with Crippen LogP contribution in [0.25, 0.3) is 0 Å². The molecule has 4 aliphatic rings. The van der Waals surface area contributed by atoms with Gasteiger partial charge in [0.15, 0.2) is 17.3 Å². The van der Waals surface area contributed by atoms with Gasteiger partial charge in [0.2, 0.25) is 17.0 Å². The predicted molar refractivity (Wildman–Crippen MR) is 143 cm³/mol. The van der Waals surface area contributed by atoms with E-state index in [1.807, 2.05) is 30.3 Å². The molecule has 0 spiro atoms. The Morgan fingerprint density at radius 3 is 2.24 bits per heavy atom. The molecule has 6 rings (SSSR count). The van der Waals surface area contributed by atoms with Gasteiger partial charge in [0.05, 0.1) is 5.57 Å². The van der Waals surface area contributed by atoms with Crippen molar-refractivity contribution in [2.24, 2.45) is 0 Å². The monoisotopic (exact) mass is 534 g/mol. The third kappa shape index (κ3) is 5.01. The zero-order valence-corrected chi connectivity index (χ0v) is 21.9. The highest BCUT2D eigenvalue weighted by molar-refractivity contribution is 6.28. The second kappa shape index (κ2) is 10.8. The summed E-state index contributed by atoms with van der Waals surface area (Å²) >= 11 is 6.41. The molecule has 1 unspecified atom stereocenters.